The van der Waals surface area contributed by atoms with Crippen molar-refractivity contribution in [1.82, 2.24) is 9.97 Å². The number of benzene rings is 1. The maximum atomic E-state index is 13.5. The molecule has 0 amide bonds. The van der Waals surface area contributed by atoms with E-state index in [2.05, 4.69) is 31.2 Å². The second-order valence-corrected chi connectivity index (χ2v) is 5.85. The first-order valence-corrected chi connectivity index (χ1v) is 6.65. The average molecular weight is 328 g/mol. The van der Waals surface area contributed by atoms with Crippen molar-refractivity contribution in [1.29, 1.82) is 0 Å². The minimum absolute atomic E-state index is 0.0452. The highest BCUT2D eigenvalue weighted by Gasteiger charge is 2.19. The predicted octanol–water partition coefficient (Wildman–Crippen LogP) is 3.02. The molecule has 0 aliphatic heterocycles. The van der Waals surface area contributed by atoms with Crippen LogP contribution in [0.3, 0.4) is 0 Å². The van der Waals surface area contributed by atoms with E-state index >= 15 is 0 Å². The van der Waals surface area contributed by atoms with Gasteiger partial charge in [0.15, 0.2) is 0 Å². The monoisotopic (exact) mass is 327 g/mol. The molecule has 0 aliphatic carbocycles. The first-order chi connectivity index (χ1) is 8.84. The summed E-state index contributed by atoms with van der Waals surface area (Å²) in [5, 5.41) is 12.4. The van der Waals surface area contributed by atoms with Crippen LogP contribution in [0.1, 0.15) is 19.5 Å². The Morgan fingerprint density at radius 2 is 2.05 bits per heavy atom. The molecule has 0 unspecified atom stereocenters. The fraction of sp³-hybridized carbons (Fsp3) is 0.385. The van der Waals surface area contributed by atoms with Gasteiger partial charge in [0, 0.05) is 0 Å². The number of hydrogen-bond donors (Lipinski definition) is 2. The average Bonchev–Trinajstić information content (AvgIpc) is 2.36. The number of hydrogen-bond acceptors (Lipinski definition) is 4. The van der Waals surface area contributed by atoms with Crippen molar-refractivity contribution in [3.63, 3.8) is 0 Å². The fourth-order valence-corrected chi connectivity index (χ4v) is 2.06. The van der Waals surface area contributed by atoms with Crippen molar-refractivity contribution < 1.29 is 9.50 Å². The molecule has 4 nitrogen and oxygen atoms in total. The summed E-state index contributed by atoms with van der Waals surface area (Å²) in [5.41, 5.74) is 1.26. The van der Waals surface area contributed by atoms with E-state index in [9.17, 15) is 9.50 Å². The Morgan fingerprint density at radius 1 is 1.37 bits per heavy atom. The molecule has 6 heteroatoms. The topological polar surface area (TPSA) is 58.0 Å². The van der Waals surface area contributed by atoms with E-state index in [1.165, 1.54) is 6.07 Å². The Bertz CT molecular complexity index is 631. The van der Waals surface area contributed by atoms with E-state index in [1.807, 2.05) is 20.8 Å². The normalized spacial score (nSPS) is 11.9. The summed E-state index contributed by atoms with van der Waals surface area (Å²) in [4.78, 5) is 8.79. The molecule has 0 saturated heterocycles. The molecule has 1 heterocycles. The second-order valence-electron chi connectivity index (χ2n) is 5.05. The highest BCUT2D eigenvalue weighted by molar-refractivity contribution is 9.10. The third kappa shape index (κ3) is 2.84. The summed E-state index contributed by atoms with van der Waals surface area (Å²) < 4.78 is 13.8. The van der Waals surface area contributed by atoms with Crippen molar-refractivity contribution in [2.75, 3.05) is 11.9 Å². The number of fused-ring (bicyclic) bond motifs is 1. The van der Waals surface area contributed by atoms with Crippen LogP contribution in [0, 0.1) is 12.7 Å². The van der Waals surface area contributed by atoms with Gasteiger partial charge in [0.25, 0.3) is 0 Å². The predicted molar refractivity (Wildman–Crippen MR) is 76.7 cm³/mol. The lowest BCUT2D eigenvalue weighted by Gasteiger charge is -2.25. The smallest absolute Gasteiger partial charge is 0.148 e. The van der Waals surface area contributed by atoms with Crippen molar-refractivity contribution in [2.45, 2.75) is 26.3 Å². The zero-order valence-electron chi connectivity index (χ0n) is 11.0. The van der Waals surface area contributed by atoms with E-state index in [0.29, 0.717) is 27.0 Å². The van der Waals surface area contributed by atoms with Crippen LogP contribution >= 0.6 is 15.9 Å². The molecule has 2 aromatic rings. The minimum atomic E-state index is -0.521. The molecular weight excluding hydrogens is 313 g/mol. The van der Waals surface area contributed by atoms with Crippen LogP contribution in [0.4, 0.5) is 10.2 Å². The molecule has 0 bridgehead atoms. The highest BCUT2D eigenvalue weighted by Crippen LogP contribution is 2.27. The van der Waals surface area contributed by atoms with E-state index in [1.54, 1.807) is 6.07 Å². The van der Waals surface area contributed by atoms with Crippen LogP contribution in [0.5, 0.6) is 0 Å². The van der Waals surface area contributed by atoms with Gasteiger partial charge in [0.1, 0.15) is 17.2 Å². The lowest BCUT2D eigenvalue weighted by atomic mass is 10.1. The molecule has 1 aromatic carbocycles. The van der Waals surface area contributed by atoms with Gasteiger partial charge in [0.2, 0.25) is 0 Å². The Kier molecular flexibility index (Phi) is 3.73. The summed E-state index contributed by atoms with van der Waals surface area (Å²) in [5.74, 6) is 0.163. The molecule has 102 valence electrons. The van der Waals surface area contributed by atoms with Gasteiger partial charge in [0.05, 0.1) is 27.8 Å². The highest BCUT2D eigenvalue weighted by atomic mass is 79.9. The Labute approximate surface area is 119 Å². The van der Waals surface area contributed by atoms with Crippen LogP contribution in [0.2, 0.25) is 0 Å². The molecule has 0 aliphatic rings. The minimum Gasteiger partial charge on any atom is -0.394 e. The third-order valence-corrected chi connectivity index (χ3v) is 3.51. The maximum absolute atomic E-state index is 13.5. The van der Waals surface area contributed by atoms with Crippen LogP contribution in [-0.2, 0) is 0 Å². The lowest BCUT2D eigenvalue weighted by Crippen LogP contribution is -2.35. The van der Waals surface area contributed by atoms with Gasteiger partial charge < -0.3 is 10.4 Å². The number of halogens is 2. The zero-order chi connectivity index (χ0) is 14.2. The van der Waals surface area contributed by atoms with Gasteiger partial charge in [-0.15, -0.1) is 0 Å². The van der Waals surface area contributed by atoms with Crippen LogP contribution in [0.15, 0.2) is 16.6 Å². The van der Waals surface area contributed by atoms with Crippen LogP contribution in [-0.4, -0.2) is 27.2 Å². The van der Waals surface area contributed by atoms with Gasteiger partial charge in [-0.25, -0.2) is 14.4 Å². The molecular formula is C13H15BrFN3O. The van der Waals surface area contributed by atoms with Gasteiger partial charge >= 0.3 is 0 Å². The summed E-state index contributed by atoms with van der Waals surface area (Å²) in [6, 6.07) is 2.95. The Morgan fingerprint density at radius 3 is 2.68 bits per heavy atom. The van der Waals surface area contributed by atoms with Crippen molar-refractivity contribution in [3.05, 3.63) is 28.1 Å². The van der Waals surface area contributed by atoms with Gasteiger partial charge in [-0.05, 0) is 48.8 Å². The molecule has 1 aromatic heterocycles. The second kappa shape index (κ2) is 5.02. The first kappa shape index (κ1) is 14.1. The third-order valence-electron chi connectivity index (χ3n) is 2.75. The Hall–Kier alpha value is -1.27. The van der Waals surface area contributed by atoms with Crippen molar-refractivity contribution in [2.24, 2.45) is 0 Å². The molecule has 2 N–H and O–H groups in total. The van der Waals surface area contributed by atoms with Gasteiger partial charge in [-0.1, -0.05) is 0 Å². The molecule has 2 rings (SSSR count). The quantitative estimate of drug-likeness (QED) is 0.909. The van der Waals surface area contributed by atoms with Gasteiger partial charge in [-0.2, -0.15) is 0 Å². The van der Waals surface area contributed by atoms with E-state index in [-0.39, 0.29) is 12.4 Å². The number of nitrogens with one attached hydrogen (secondary N) is 1. The lowest BCUT2D eigenvalue weighted by molar-refractivity contribution is 0.234. The SMILES string of the molecule is Cc1nc2ccc(F)c(Br)c2nc1NC(C)(C)CO. The number of anilines is 1. The standard InChI is InChI=1S/C13H15BrFN3O/c1-7-12(18-13(2,3)6-19)17-11-9(16-7)5-4-8(15)10(11)14/h4-5,19H,6H2,1-3H3,(H,17,18). The number of aliphatic hydroxyl groups excluding tert-OH is 1. The van der Waals surface area contributed by atoms with Crippen LogP contribution < -0.4 is 5.32 Å². The number of aliphatic hydroxyl groups is 1. The summed E-state index contributed by atoms with van der Waals surface area (Å²) >= 11 is 3.18. The van der Waals surface area contributed by atoms with Crippen molar-refractivity contribution >= 4 is 32.8 Å². The first-order valence-electron chi connectivity index (χ1n) is 5.85. The molecule has 0 saturated carbocycles. The number of rotatable bonds is 3. The molecule has 0 radical (unpaired) electrons. The summed E-state index contributed by atoms with van der Waals surface area (Å²) in [7, 11) is 0. The summed E-state index contributed by atoms with van der Waals surface area (Å²) in [6.45, 7) is 5.47. The van der Waals surface area contributed by atoms with E-state index in [0.717, 1.165) is 0 Å². The molecule has 0 fully saturated rings. The fourth-order valence-electron chi connectivity index (χ4n) is 1.63. The van der Waals surface area contributed by atoms with E-state index in [4.69, 9.17) is 0 Å². The Balaban J connectivity index is 2.57. The molecule has 19 heavy (non-hydrogen) atoms. The van der Waals surface area contributed by atoms with Crippen LogP contribution in [0.25, 0.3) is 11.0 Å². The zero-order valence-corrected chi connectivity index (χ0v) is 12.5. The number of aryl methyl sites for hydroxylation is 1. The van der Waals surface area contributed by atoms with Crippen molar-refractivity contribution in [3.8, 4) is 0 Å². The van der Waals surface area contributed by atoms with E-state index < -0.39 is 5.54 Å². The molecule has 0 atom stereocenters. The van der Waals surface area contributed by atoms with Gasteiger partial charge in [-0.3, -0.25) is 0 Å². The molecule has 0 spiro atoms. The largest absolute Gasteiger partial charge is 0.394 e. The number of aromatic nitrogens is 2. The number of nitrogens with zero attached hydrogens (tertiary/aromatic N) is 2. The summed E-state index contributed by atoms with van der Waals surface area (Å²) in [6.07, 6.45) is 0. The maximum Gasteiger partial charge on any atom is 0.148 e.